The lowest BCUT2D eigenvalue weighted by Crippen LogP contribution is -2.64. The predicted octanol–water partition coefficient (Wildman–Crippen LogP) is 1.08. The summed E-state index contributed by atoms with van der Waals surface area (Å²) in [5.41, 5.74) is 1.75. The van der Waals surface area contributed by atoms with E-state index in [9.17, 15) is 10.1 Å². The van der Waals surface area contributed by atoms with Crippen LogP contribution in [0.2, 0.25) is 0 Å². The first-order valence-corrected chi connectivity index (χ1v) is 8.01. The van der Waals surface area contributed by atoms with E-state index in [4.69, 9.17) is 0 Å². The van der Waals surface area contributed by atoms with Crippen molar-refractivity contribution < 1.29 is 4.79 Å². The molecule has 9 heteroatoms. The molecule has 0 radical (unpaired) electrons. The molecule has 1 aliphatic rings. The van der Waals surface area contributed by atoms with Crippen molar-refractivity contribution in [2.24, 2.45) is 0 Å². The SMILES string of the molecule is CCC(=O)N1CC(CC#N)(n2cc(-c3ncnc4[nH]ncc34)cn2)C1. The maximum atomic E-state index is 11.8. The van der Waals surface area contributed by atoms with Crippen LogP contribution in [0.3, 0.4) is 0 Å². The Hall–Kier alpha value is -3.28. The van der Waals surface area contributed by atoms with Gasteiger partial charge in [-0.2, -0.15) is 15.5 Å². The van der Waals surface area contributed by atoms with E-state index in [0.29, 0.717) is 31.6 Å². The van der Waals surface area contributed by atoms with Crippen molar-refractivity contribution >= 4 is 16.9 Å². The highest BCUT2D eigenvalue weighted by Gasteiger charge is 2.47. The molecule has 0 bridgehead atoms. The van der Waals surface area contributed by atoms with E-state index < -0.39 is 5.54 Å². The maximum Gasteiger partial charge on any atom is 0.222 e. The zero-order chi connectivity index (χ0) is 17.4. The number of hydrogen-bond donors (Lipinski definition) is 1. The molecule has 25 heavy (non-hydrogen) atoms. The molecule has 1 fully saturated rings. The van der Waals surface area contributed by atoms with E-state index >= 15 is 0 Å². The number of H-pyrrole nitrogens is 1. The molecular formula is C16H16N8O. The normalized spacial score (nSPS) is 15.8. The molecule has 1 aliphatic heterocycles. The van der Waals surface area contributed by atoms with E-state index in [-0.39, 0.29) is 5.91 Å². The fourth-order valence-electron chi connectivity index (χ4n) is 3.25. The van der Waals surface area contributed by atoms with E-state index in [1.807, 2.05) is 13.1 Å². The topological polar surface area (TPSA) is 116 Å². The molecule has 3 aromatic heterocycles. The summed E-state index contributed by atoms with van der Waals surface area (Å²) in [6, 6.07) is 2.22. The van der Waals surface area contributed by atoms with Crippen molar-refractivity contribution in [3.05, 3.63) is 24.9 Å². The second-order valence-electron chi connectivity index (χ2n) is 6.19. The Morgan fingerprint density at radius 2 is 2.24 bits per heavy atom. The molecule has 0 aliphatic carbocycles. The zero-order valence-electron chi connectivity index (χ0n) is 13.7. The van der Waals surface area contributed by atoms with E-state index in [0.717, 1.165) is 16.6 Å². The highest BCUT2D eigenvalue weighted by molar-refractivity contribution is 5.89. The number of amides is 1. The summed E-state index contributed by atoms with van der Waals surface area (Å²) in [5.74, 6) is 0.0943. The summed E-state index contributed by atoms with van der Waals surface area (Å²) in [7, 11) is 0. The number of likely N-dealkylation sites (tertiary alicyclic amines) is 1. The van der Waals surface area contributed by atoms with Crippen molar-refractivity contribution in [1.29, 1.82) is 5.26 Å². The van der Waals surface area contributed by atoms with Gasteiger partial charge in [-0.05, 0) is 0 Å². The van der Waals surface area contributed by atoms with E-state index in [1.54, 1.807) is 22.0 Å². The Bertz CT molecular complexity index is 975. The van der Waals surface area contributed by atoms with Gasteiger partial charge in [-0.15, -0.1) is 0 Å². The predicted molar refractivity (Wildman–Crippen MR) is 88.0 cm³/mol. The van der Waals surface area contributed by atoms with Crippen LogP contribution in [0, 0.1) is 11.3 Å². The summed E-state index contributed by atoms with van der Waals surface area (Å²) in [6.45, 7) is 2.84. The number of nitrogens with one attached hydrogen (secondary N) is 1. The number of nitriles is 1. The Kier molecular flexibility index (Phi) is 3.46. The Labute approximate surface area is 143 Å². The van der Waals surface area contributed by atoms with Crippen LogP contribution in [-0.2, 0) is 10.3 Å². The van der Waals surface area contributed by atoms with Crippen LogP contribution in [0.1, 0.15) is 19.8 Å². The number of carbonyl (C=O) groups is 1. The standard InChI is InChI=1S/C16H16N8O/c1-2-13(25)23-8-16(9-23,3-4-17)24-7-11(5-21-24)14-12-6-20-22-15(12)19-10-18-14/h5-7,10H,2-3,8-9H2,1H3,(H,18,19,20,22). The summed E-state index contributed by atoms with van der Waals surface area (Å²) >= 11 is 0. The maximum absolute atomic E-state index is 11.8. The Morgan fingerprint density at radius 1 is 1.40 bits per heavy atom. The van der Waals surface area contributed by atoms with E-state index in [2.05, 4.69) is 31.3 Å². The van der Waals surface area contributed by atoms with Gasteiger partial charge in [0.15, 0.2) is 5.65 Å². The molecule has 1 N–H and O–H groups in total. The minimum absolute atomic E-state index is 0.0943. The lowest BCUT2D eigenvalue weighted by Gasteiger charge is -2.49. The van der Waals surface area contributed by atoms with Gasteiger partial charge in [0.25, 0.3) is 0 Å². The molecule has 0 saturated carbocycles. The average Bonchev–Trinajstić information content (AvgIpc) is 3.25. The molecule has 126 valence electrons. The number of fused-ring (bicyclic) bond motifs is 1. The Morgan fingerprint density at radius 3 is 3.00 bits per heavy atom. The summed E-state index contributed by atoms with van der Waals surface area (Å²) in [6.07, 6.45) is 7.51. The van der Waals surface area contributed by atoms with Gasteiger partial charge in [-0.1, -0.05) is 6.92 Å². The van der Waals surface area contributed by atoms with Crippen LogP contribution in [0.25, 0.3) is 22.3 Å². The molecule has 0 unspecified atom stereocenters. The number of nitrogens with zero attached hydrogens (tertiary/aromatic N) is 7. The number of carbonyl (C=O) groups excluding carboxylic acids is 1. The largest absolute Gasteiger partial charge is 0.338 e. The Balaban J connectivity index is 1.67. The zero-order valence-corrected chi connectivity index (χ0v) is 13.7. The van der Waals surface area contributed by atoms with Gasteiger partial charge in [0.2, 0.25) is 5.91 Å². The first-order valence-electron chi connectivity index (χ1n) is 8.01. The summed E-state index contributed by atoms with van der Waals surface area (Å²) in [5, 5.41) is 21.3. The quantitative estimate of drug-likeness (QED) is 0.762. The number of aromatic nitrogens is 6. The van der Waals surface area contributed by atoms with Crippen LogP contribution in [0.15, 0.2) is 24.9 Å². The highest BCUT2D eigenvalue weighted by Crippen LogP contribution is 2.34. The number of hydrogen-bond acceptors (Lipinski definition) is 6. The molecule has 9 nitrogen and oxygen atoms in total. The van der Waals surface area contributed by atoms with Crippen LogP contribution in [0.5, 0.6) is 0 Å². The van der Waals surface area contributed by atoms with Crippen LogP contribution in [-0.4, -0.2) is 53.8 Å². The second-order valence-corrected chi connectivity index (χ2v) is 6.19. The first-order chi connectivity index (χ1) is 12.2. The summed E-state index contributed by atoms with van der Waals surface area (Å²) < 4.78 is 1.79. The fraction of sp³-hybridized carbons (Fsp3) is 0.375. The third-order valence-electron chi connectivity index (χ3n) is 4.62. The lowest BCUT2D eigenvalue weighted by atomic mass is 9.86. The van der Waals surface area contributed by atoms with Crippen molar-refractivity contribution in [2.75, 3.05) is 13.1 Å². The van der Waals surface area contributed by atoms with Gasteiger partial charge in [-0.25, -0.2) is 9.97 Å². The monoisotopic (exact) mass is 336 g/mol. The minimum atomic E-state index is -0.472. The molecule has 0 spiro atoms. The highest BCUT2D eigenvalue weighted by atomic mass is 16.2. The van der Waals surface area contributed by atoms with Gasteiger partial charge in [0.1, 0.15) is 11.9 Å². The van der Waals surface area contributed by atoms with Crippen LogP contribution in [0.4, 0.5) is 0 Å². The number of rotatable bonds is 4. The van der Waals surface area contributed by atoms with Gasteiger partial charge in [-0.3, -0.25) is 14.6 Å². The first kappa shape index (κ1) is 15.3. The average molecular weight is 336 g/mol. The van der Waals surface area contributed by atoms with Crippen LogP contribution >= 0.6 is 0 Å². The molecule has 4 heterocycles. The fourth-order valence-corrected chi connectivity index (χ4v) is 3.25. The molecule has 4 rings (SSSR count). The third kappa shape index (κ3) is 2.34. The van der Waals surface area contributed by atoms with Gasteiger partial charge < -0.3 is 4.90 Å². The van der Waals surface area contributed by atoms with Gasteiger partial charge >= 0.3 is 0 Å². The van der Waals surface area contributed by atoms with Gasteiger partial charge in [0.05, 0.1) is 36.0 Å². The van der Waals surface area contributed by atoms with Crippen molar-refractivity contribution in [3.63, 3.8) is 0 Å². The smallest absolute Gasteiger partial charge is 0.222 e. The molecule has 1 amide bonds. The van der Waals surface area contributed by atoms with Crippen molar-refractivity contribution in [3.8, 4) is 17.3 Å². The molecule has 0 aromatic carbocycles. The minimum Gasteiger partial charge on any atom is -0.338 e. The molecule has 3 aromatic rings. The van der Waals surface area contributed by atoms with Crippen molar-refractivity contribution in [2.45, 2.75) is 25.3 Å². The second kappa shape index (κ2) is 5.66. The summed E-state index contributed by atoms with van der Waals surface area (Å²) in [4.78, 5) is 22.1. The van der Waals surface area contributed by atoms with Crippen LogP contribution < -0.4 is 0 Å². The molecule has 1 saturated heterocycles. The lowest BCUT2D eigenvalue weighted by molar-refractivity contribution is -0.142. The van der Waals surface area contributed by atoms with Crippen molar-refractivity contribution in [1.82, 2.24) is 34.8 Å². The van der Waals surface area contributed by atoms with E-state index in [1.165, 1.54) is 6.33 Å². The number of aromatic amines is 1. The molecule has 0 atom stereocenters. The van der Waals surface area contributed by atoms with Gasteiger partial charge in [0, 0.05) is 31.3 Å². The third-order valence-corrected chi connectivity index (χ3v) is 4.62. The molecular weight excluding hydrogens is 320 g/mol.